The molecule has 0 saturated heterocycles. The molecule has 0 fully saturated rings. The number of hydrogen-bond donors (Lipinski definition) is 0. The maximum atomic E-state index is 13.7. The van der Waals surface area contributed by atoms with E-state index in [1.165, 1.54) is 24.3 Å². The molecule has 0 N–H and O–H groups in total. The lowest BCUT2D eigenvalue weighted by Gasteiger charge is -2.26. The standard InChI is InChI=1S/C46H30N2O9/c1-25-7-18-34-37(21-25)42(51)47(40(34)49)28-5-4-6-29(22-28)48-41(50)35-19-16-32(23-38(35)43(48)52)55-30-12-8-26(9-13-30)46(2,3)27-10-14-31(15-11-27)56-33-17-20-36-39(24-33)45(54)57-44(36)53/h4-24H,1-3H3. The molecule has 3 aliphatic rings. The smallest absolute Gasteiger partial charge is 0.347 e. The zero-order valence-corrected chi connectivity index (χ0v) is 30.7. The van der Waals surface area contributed by atoms with Gasteiger partial charge in [0.15, 0.2) is 0 Å². The first-order valence-corrected chi connectivity index (χ1v) is 18.0. The fourth-order valence-electron chi connectivity index (χ4n) is 7.32. The van der Waals surface area contributed by atoms with Crippen LogP contribution >= 0.6 is 0 Å². The summed E-state index contributed by atoms with van der Waals surface area (Å²) in [5, 5.41) is 0. The van der Waals surface area contributed by atoms with Crippen LogP contribution in [0, 0.1) is 6.92 Å². The maximum Gasteiger partial charge on any atom is 0.347 e. The number of nitrogens with zero attached hydrogens (tertiary/aromatic N) is 2. The van der Waals surface area contributed by atoms with E-state index in [0.29, 0.717) is 34.1 Å². The number of carbonyl (C=O) groups is 6. The van der Waals surface area contributed by atoms with Crippen molar-refractivity contribution in [3.05, 3.63) is 177 Å². The fourth-order valence-corrected chi connectivity index (χ4v) is 7.32. The van der Waals surface area contributed by atoms with Crippen molar-refractivity contribution in [2.45, 2.75) is 26.2 Å². The van der Waals surface area contributed by atoms with E-state index in [0.717, 1.165) is 26.5 Å². The van der Waals surface area contributed by atoms with Gasteiger partial charge >= 0.3 is 11.9 Å². The van der Waals surface area contributed by atoms with Crippen molar-refractivity contribution in [2.75, 3.05) is 9.80 Å². The van der Waals surface area contributed by atoms with Gasteiger partial charge in [-0.05, 0) is 109 Å². The zero-order chi connectivity index (χ0) is 39.7. The minimum atomic E-state index is -0.695. The van der Waals surface area contributed by atoms with Crippen molar-refractivity contribution >= 4 is 46.9 Å². The largest absolute Gasteiger partial charge is 0.457 e. The van der Waals surface area contributed by atoms with E-state index >= 15 is 0 Å². The van der Waals surface area contributed by atoms with Crippen LogP contribution in [-0.4, -0.2) is 35.6 Å². The number of hydrogen-bond acceptors (Lipinski definition) is 9. The first kappa shape index (κ1) is 35.1. The van der Waals surface area contributed by atoms with Gasteiger partial charge in [0, 0.05) is 5.41 Å². The number of anilines is 2. The number of carbonyl (C=O) groups excluding carboxylic acids is 6. The second-order valence-corrected chi connectivity index (χ2v) is 14.4. The Morgan fingerprint density at radius 3 is 1.40 bits per heavy atom. The molecule has 3 aliphatic heterocycles. The molecule has 0 saturated carbocycles. The molecule has 6 aromatic carbocycles. The monoisotopic (exact) mass is 754 g/mol. The molecule has 57 heavy (non-hydrogen) atoms. The van der Waals surface area contributed by atoms with Crippen LogP contribution in [0.4, 0.5) is 11.4 Å². The number of fused-ring (bicyclic) bond motifs is 3. The Morgan fingerprint density at radius 2 is 0.860 bits per heavy atom. The highest BCUT2D eigenvalue weighted by atomic mass is 16.6. The summed E-state index contributed by atoms with van der Waals surface area (Å²) in [6, 6.07) is 35.8. The Bertz CT molecular complexity index is 2770. The third-order valence-electron chi connectivity index (χ3n) is 10.5. The predicted molar refractivity (Wildman–Crippen MR) is 208 cm³/mol. The topological polar surface area (TPSA) is 137 Å². The molecule has 11 heteroatoms. The van der Waals surface area contributed by atoms with Gasteiger partial charge in [-0.15, -0.1) is 0 Å². The minimum absolute atomic E-state index is 0.165. The van der Waals surface area contributed by atoms with Crippen LogP contribution in [0.1, 0.15) is 92.7 Å². The third-order valence-corrected chi connectivity index (χ3v) is 10.5. The molecule has 0 aromatic heterocycles. The molecule has 0 bridgehead atoms. The second kappa shape index (κ2) is 13.0. The Labute approximate surface area is 325 Å². The van der Waals surface area contributed by atoms with E-state index in [1.807, 2.05) is 55.5 Å². The number of aryl methyl sites for hydroxylation is 1. The van der Waals surface area contributed by atoms with E-state index in [2.05, 4.69) is 18.6 Å². The van der Waals surface area contributed by atoms with Gasteiger partial charge in [0.05, 0.1) is 44.8 Å². The number of cyclic esters (lactones) is 2. The van der Waals surface area contributed by atoms with Gasteiger partial charge in [0.1, 0.15) is 23.0 Å². The van der Waals surface area contributed by atoms with Gasteiger partial charge in [-0.25, -0.2) is 19.4 Å². The first-order valence-electron chi connectivity index (χ1n) is 18.0. The average Bonchev–Trinajstić information content (AvgIpc) is 3.73. The predicted octanol–water partition coefficient (Wildman–Crippen LogP) is 8.82. The van der Waals surface area contributed by atoms with Crippen LogP contribution in [0.3, 0.4) is 0 Å². The number of amides is 4. The summed E-state index contributed by atoms with van der Waals surface area (Å²) in [7, 11) is 0. The molecule has 3 heterocycles. The summed E-state index contributed by atoms with van der Waals surface area (Å²) < 4.78 is 16.7. The van der Waals surface area contributed by atoms with Crippen LogP contribution in [0.15, 0.2) is 127 Å². The van der Waals surface area contributed by atoms with Crippen molar-refractivity contribution in [3.8, 4) is 23.0 Å². The molecular formula is C46H30N2O9. The number of rotatable bonds is 8. The Hall–Kier alpha value is -7.66. The van der Waals surface area contributed by atoms with Gasteiger partial charge in [-0.3, -0.25) is 19.2 Å². The van der Waals surface area contributed by atoms with Gasteiger partial charge in [0.2, 0.25) is 0 Å². The van der Waals surface area contributed by atoms with Gasteiger partial charge in [0.25, 0.3) is 23.6 Å². The molecular weight excluding hydrogens is 725 g/mol. The van der Waals surface area contributed by atoms with Gasteiger partial charge in [-0.1, -0.05) is 55.8 Å². The van der Waals surface area contributed by atoms with E-state index in [9.17, 15) is 28.8 Å². The number of benzene rings is 6. The van der Waals surface area contributed by atoms with E-state index in [4.69, 9.17) is 9.47 Å². The maximum absolute atomic E-state index is 13.7. The lowest BCUT2D eigenvalue weighted by molar-refractivity contribution is 0.0442. The normalized spacial score (nSPS) is 14.5. The summed E-state index contributed by atoms with van der Waals surface area (Å²) in [6.07, 6.45) is 0. The summed E-state index contributed by atoms with van der Waals surface area (Å²) in [4.78, 5) is 79.5. The van der Waals surface area contributed by atoms with Gasteiger partial charge < -0.3 is 14.2 Å². The number of esters is 2. The van der Waals surface area contributed by atoms with Gasteiger partial charge in [-0.2, -0.15) is 0 Å². The molecule has 0 radical (unpaired) electrons. The molecule has 11 nitrogen and oxygen atoms in total. The summed E-state index contributed by atoms with van der Waals surface area (Å²) in [5.41, 5.74) is 4.29. The molecule has 4 amide bonds. The fraction of sp³-hybridized carbons (Fsp3) is 0.0870. The summed E-state index contributed by atoms with van der Waals surface area (Å²) >= 11 is 0. The Kier molecular flexibility index (Phi) is 7.99. The molecule has 6 aromatic rings. The molecule has 9 rings (SSSR count). The SMILES string of the molecule is Cc1ccc2c(c1)C(=O)N(c1cccc(N3C(=O)c4ccc(Oc5ccc(C(C)(C)c6ccc(Oc7ccc8c(c7)C(=O)OC8=O)cc6)cc5)cc4C3=O)c1)C2=O. The number of imide groups is 2. The zero-order valence-electron chi connectivity index (χ0n) is 30.7. The third kappa shape index (κ3) is 5.84. The van der Waals surface area contributed by atoms with E-state index in [1.54, 1.807) is 54.6 Å². The lowest BCUT2D eigenvalue weighted by Crippen LogP contribution is -2.31. The molecule has 0 unspecified atom stereocenters. The molecule has 0 atom stereocenters. The Morgan fingerprint density at radius 1 is 0.439 bits per heavy atom. The van der Waals surface area contributed by atoms with E-state index < -0.39 is 41.0 Å². The van der Waals surface area contributed by atoms with Crippen LogP contribution in [0.5, 0.6) is 23.0 Å². The first-order chi connectivity index (χ1) is 27.4. The van der Waals surface area contributed by atoms with E-state index in [-0.39, 0.29) is 33.6 Å². The molecule has 0 spiro atoms. The molecule has 278 valence electrons. The van der Waals surface area contributed by atoms with Crippen molar-refractivity contribution in [2.24, 2.45) is 0 Å². The molecule has 0 aliphatic carbocycles. The van der Waals surface area contributed by atoms with Crippen molar-refractivity contribution in [1.82, 2.24) is 0 Å². The van der Waals surface area contributed by atoms with Crippen LogP contribution in [0.25, 0.3) is 0 Å². The van der Waals surface area contributed by atoms with Crippen molar-refractivity contribution in [3.63, 3.8) is 0 Å². The number of ether oxygens (including phenoxy) is 3. The summed E-state index contributed by atoms with van der Waals surface area (Å²) in [5.74, 6) is -1.55. The lowest BCUT2D eigenvalue weighted by atomic mass is 9.78. The quantitative estimate of drug-likeness (QED) is 0.0848. The highest BCUT2D eigenvalue weighted by Gasteiger charge is 2.40. The van der Waals surface area contributed by atoms with Crippen molar-refractivity contribution < 1.29 is 43.0 Å². The average molecular weight is 755 g/mol. The van der Waals surface area contributed by atoms with Crippen LogP contribution in [-0.2, 0) is 10.2 Å². The minimum Gasteiger partial charge on any atom is -0.457 e. The summed E-state index contributed by atoms with van der Waals surface area (Å²) in [6.45, 7) is 6.02. The van der Waals surface area contributed by atoms with Crippen LogP contribution < -0.4 is 19.3 Å². The highest BCUT2D eigenvalue weighted by Crippen LogP contribution is 2.38. The highest BCUT2D eigenvalue weighted by molar-refractivity contribution is 6.36. The van der Waals surface area contributed by atoms with Crippen molar-refractivity contribution in [1.29, 1.82) is 0 Å². The second-order valence-electron chi connectivity index (χ2n) is 14.4. The van der Waals surface area contributed by atoms with Crippen LogP contribution in [0.2, 0.25) is 0 Å². The Balaban J connectivity index is 0.881.